The molecule has 0 unspecified atom stereocenters. The Bertz CT molecular complexity index is 1470. The molecule has 0 radical (unpaired) electrons. The van der Waals surface area contributed by atoms with Crippen LogP contribution in [0.2, 0.25) is 10.6 Å². The van der Waals surface area contributed by atoms with E-state index in [9.17, 15) is 0 Å². The molecule has 1 aliphatic heterocycles. The summed E-state index contributed by atoms with van der Waals surface area (Å²) in [7, 11) is 0. The van der Waals surface area contributed by atoms with Gasteiger partial charge in [-0.05, 0) is 87.1 Å². The van der Waals surface area contributed by atoms with Crippen molar-refractivity contribution in [2.24, 2.45) is 0 Å². The summed E-state index contributed by atoms with van der Waals surface area (Å²) < 4.78 is 6.77. The van der Waals surface area contributed by atoms with Gasteiger partial charge in [-0.1, -0.05) is 120 Å². The minimum absolute atomic E-state index is 0.162. The summed E-state index contributed by atoms with van der Waals surface area (Å²) >= 11 is 0. The van der Waals surface area contributed by atoms with Crippen LogP contribution in [-0.2, 0) is 5.41 Å². The normalized spacial score (nSPS) is 23.9. The van der Waals surface area contributed by atoms with E-state index in [1.807, 2.05) is 0 Å². The minimum atomic E-state index is -0.337. The van der Waals surface area contributed by atoms with Crippen LogP contribution in [0.1, 0.15) is 101 Å². The van der Waals surface area contributed by atoms with Crippen molar-refractivity contribution in [1.29, 1.82) is 0 Å². The standard InChI is InChI=1S/C37H41BO/c1-8-10-11-12-17-28-25(3)37(34-24-26(22-23-31(28)34)39-38-35(4,5)36(38,6)7)32-20-15-13-18-29(32)27(9-2)30-19-14-16-21-33(30)37/h10-24,27H,8-9H2,1-7H3/b11-10-,17-12-. The lowest BCUT2D eigenvalue weighted by atomic mass is 9.58. The van der Waals surface area contributed by atoms with E-state index in [1.54, 1.807) is 0 Å². The van der Waals surface area contributed by atoms with E-state index in [2.05, 4.69) is 140 Å². The van der Waals surface area contributed by atoms with Crippen molar-refractivity contribution in [2.75, 3.05) is 0 Å². The first-order valence-electron chi connectivity index (χ1n) is 14.8. The van der Waals surface area contributed by atoms with Gasteiger partial charge in [-0.2, -0.15) is 0 Å². The fourth-order valence-corrected chi connectivity index (χ4v) is 7.63. The van der Waals surface area contributed by atoms with E-state index < -0.39 is 0 Å². The van der Waals surface area contributed by atoms with Gasteiger partial charge in [-0.25, -0.2) is 0 Å². The van der Waals surface area contributed by atoms with E-state index in [1.165, 1.54) is 44.5 Å². The molecule has 198 valence electrons. The highest BCUT2D eigenvalue weighted by atomic mass is 16.4. The largest absolute Gasteiger partial charge is 0.560 e. The number of fused-ring (bicyclic) bond motifs is 6. The Balaban J connectivity index is 1.62. The third kappa shape index (κ3) is 3.53. The maximum atomic E-state index is 6.77. The van der Waals surface area contributed by atoms with Crippen LogP contribution in [0.3, 0.4) is 0 Å². The summed E-state index contributed by atoms with van der Waals surface area (Å²) in [5.41, 5.74) is 10.8. The average Bonchev–Trinajstić information content (AvgIpc) is 3.19. The van der Waals surface area contributed by atoms with Crippen molar-refractivity contribution in [3.05, 3.63) is 130 Å². The van der Waals surface area contributed by atoms with Crippen molar-refractivity contribution in [2.45, 2.75) is 83.3 Å². The number of hydrogen-bond donors (Lipinski definition) is 0. The summed E-state index contributed by atoms with van der Waals surface area (Å²) in [5, 5.41) is 0.325. The summed E-state index contributed by atoms with van der Waals surface area (Å²) in [6, 6.07) is 25.2. The monoisotopic (exact) mass is 512 g/mol. The van der Waals surface area contributed by atoms with E-state index in [4.69, 9.17) is 4.65 Å². The van der Waals surface area contributed by atoms with Gasteiger partial charge >= 0.3 is 6.92 Å². The highest BCUT2D eigenvalue weighted by Gasteiger charge is 2.72. The molecule has 0 atom stereocenters. The topological polar surface area (TPSA) is 9.23 Å². The zero-order valence-corrected chi connectivity index (χ0v) is 24.6. The van der Waals surface area contributed by atoms with Gasteiger partial charge in [-0.15, -0.1) is 0 Å². The first kappa shape index (κ1) is 26.0. The Morgan fingerprint density at radius 1 is 0.795 bits per heavy atom. The SMILES string of the molecule is CC/C=C\C=C/C1=C(C)C2(c3cc(OB4C(C)(C)C4(C)C)ccc31)c1ccccc1C(CC)c1ccccc12. The van der Waals surface area contributed by atoms with Gasteiger partial charge < -0.3 is 4.65 Å². The van der Waals surface area contributed by atoms with Crippen LogP contribution in [0.25, 0.3) is 5.57 Å². The molecule has 3 aromatic carbocycles. The molecule has 6 rings (SSSR count). The van der Waals surface area contributed by atoms with Crippen LogP contribution in [0.5, 0.6) is 5.75 Å². The van der Waals surface area contributed by atoms with Crippen molar-refractivity contribution in [3.63, 3.8) is 0 Å². The van der Waals surface area contributed by atoms with Crippen molar-refractivity contribution < 1.29 is 4.65 Å². The highest BCUT2D eigenvalue weighted by Crippen LogP contribution is 2.73. The number of hydrogen-bond acceptors (Lipinski definition) is 1. The molecule has 2 heteroatoms. The van der Waals surface area contributed by atoms with Gasteiger partial charge in [0.25, 0.3) is 0 Å². The molecule has 0 bridgehead atoms. The van der Waals surface area contributed by atoms with Crippen LogP contribution in [-0.4, -0.2) is 6.92 Å². The van der Waals surface area contributed by atoms with E-state index in [0.717, 1.165) is 18.6 Å². The second-order valence-corrected chi connectivity index (χ2v) is 12.8. The third-order valence-corrected chi connectivity index (χ3v) is 10.4. The van der Waals surface area contributed by atoms with Gasteiger partial charge in [0.15, 0.2) is 0 Å². The molecule has 3 aliphatic rings. The highest BCUT2D eigenvalue weighted by molar-refractivity contribution is 6.73. The lowest BCUT2D eigenvalue weighted by Crippen LogP contribution is -2.36. The smallest absolute Gasteiger partial charge is 0.369 e. The fraction of sp³-hybridized carbons (Fsp3) is 0.351. The Kier molecular flexibility index (Phi) is 6.10. The summed E-state index contributed by atoms with van der Waals surface area (Å²) in [6.07, 6.45) is 11.0. The molecule has 1 saturated heterocycles. The molecule has 1 heterocycles. The molecule has 3 aromatic rings. The Morgan fingerprint density at radius 2 is 1.41 bits per heavy atom. The minimum Gasteiger partial charge on any atom is -0.560 e. The Morgan fingerprint density at radius 3 is 1.97 bits per heavy atom. The second-order valence-electron chi connectivity index (χ2n) is 12.8. The van der Waals surface area contributed by atoms with Crippen molar-refractivity contribution in [3.8, 4) is 5.75 Å². The Labute approximate surface area is 235 Å². The van der Waals surface area contributed by atoms with Crippen LogP contribution >= 0.6 is 0 Å². The fourth-order valence-electron chi connectivity index (χ4n) is 7.63. The predicted octanol–water partition coefficient (Wildman–Crippen LogP) is 10.1. The first-order valence-corrected chi connectivity index (χ1v) is 14.8. The lowest BCUT2D eigenvalue weighted by Gasteiger charge is -2.43. The number of benzene rings is 3. The molecular weight excluding hydrogens is 471 g/mol. The van der Waals surface area contributed by atoms with Crippen LogP contribution in [0.4, 0.5) is 0 Å². The third-order valence-electron chi connectivity index (χ3n) is 10.4. The molecule has 1 fully saturated rings. The predicted molar refractivity (Wildman–Crippen MR) is 167 cm³/mol. The molecule has 0 saturated carbocycles. The molecular formula is C37H41BO. The number of allylic oxidation sites excluding steroid dienone is 6. The molecule has 0 amide bonds. The molecule has 1 spiro atoms. The molecule has 0 aromatic heterocycles. The summed E-state index contributed by atoms with van der Waals surface area (Å²) in [5.74, 6) is 1.38. The summed E-state index contributed by atoms with van der Waals surface area (Å²) in [6.45, 7) is 16.4. The van der Waals surface area contributed by atoms with Gasteiger partial charge in [0.1, 0.15) is 0 Å². The van der Waals surface area contributed by atoms with Crippen LogP contribution in [0.15, 0.2) is 96.6 Å². The van der Waals surface area contributed by atoms with Crippen molar-refractivity contribution in [1.82, 2.24) is 0 Å². The maximum absolute atomic E-state index is 6.77. The zero-order valence-electron chi connectivity index (χ0n) is 24.6. The van der Waals surface area contributed by atoms with Gasteiger partial charge in [0.2, 0.25) is 0 Å². The quantitative estimate of drug-likeness (QED) is 0.236. The first-order chi connectivity index (χ1) is 18.7. The molecule has 0 N–H and O–H groups in total. The average molecular weight is 513 g/mol. The van der Waals surface area contributed by atoms with Crippen LogP contribution in [0, 0.1) is 0 Å². The maximum Gasteiger partial charge on any atom is 0.369 e. The van der Waals surface area contributed by atoms with Crippen molar-refractivity contribution >= 4 is 12.5 Å². The summed E-state index contributed by atoms with van der Waals surface area (Å²) in [4.78, 5) is 0. The van der Waals surface area contributed by atoms with E-state index in [-0.39, 0.29) is 23.0 Å². The van der Waals surface area contributed by atoms with E-state index in [0.29, 0.717) is 5.92 Å². The van der Waals surface area contributed by atoms with Gasteiger partial charge in [0, 0.05) is 5.92 Å². The van der Waals surface area contributed by atoms with Gasteiger partial charge in [0.05, 0.1) is 11.2 Å². The number of rotatable bonds is 6. The molecule has 39 heavy (non-hydrogen) atoms. The van der Waals surface area contributed by atoms with Gasteiger partial charge in [-0.3, -0.25) is 0 Å². The lowest BCUT2D eigenvalue weighted by molar-refractivity contribution is 0.574. The second kappa shape index (κ2) is 9.15. The van der Waals surface area contributed by atoms with E-state index >= 15 is 0 Å². The molecule has 1 nitrogen and oxygen atoms in total. The zero-order chi connectivity index (χ0) is 27.6. The Hall–Kier alpha value is -3.26. The van der Waals surface area contributed by atoms with Crippen LogP contribution < -0.4 is 4.65 Å². The molecule has 2 aliphatic carbocycles.